The van der Waals surface area contributed by atoms with E-state index in [-0.39, 0.29) is 18.0 Å². The fourth-order valence-corrected chi connectivity index (χ4v) is 1.82. The zero-order valence-electron chi connectivity index (χ0n) is 13.7. The molecule has 0 bridgehead atoms. The molecule has 4 nitrogen and oxygen atoms in total. The van der Waals surface area contributed by atoms with Crippen molar-refractivity contribution < 1.29 is 27.4 Å². The van der Waals surface area contributed by atoms with Gasteiger partial charge in [0, 0.05) is 12.3 Å². The molecule has 1 amide bonds. The van der Waals surface area contributed by atoms with Crippen LogP contribution in [0.15, 0.2) is 18.2 Å². The summed E-state index contributed by atoms with van der Waals surface area (Å²) in [5.74, 6) is -0.775. The number of rotatable bonds is 7. The summed E-state index contributed by atoms with van der Waals surface area (Å²) in [5.41, 5.74) is -2.02. The number of halogens is 3. The van der Waals surface area contributed by atoms with Gasteiger partial charge < -0.3 is 14.8 Å². The number of benzene rings is 1. The first-order chi connectivity index (χ1) is 10.6. The highest BCUT2D eigenvalue weighted by atomic mass is 19.4. The molecule has 0 unspecified atom stereocenters. The van der Waals surface area contributed by atoms with Gasteiger partial charge >= 0.3 is 6.18 Å². The molecule has 0 heterocycles. The van der Waals surface area contributed by atoms with Crippen molar-refractivity contribution in [2.45, 2.75) is 45.9 Å². The predicted molar refractivity (Wildman–Crippen MR) is 81.6 cm³/mol. The molecular formula is C16H22F3NO3. The number of carbonyl (C=O) groups excluding carboxylic acids is 1. The van der Waals surface area contributed by atoms with Crippen LogP contribution in [-0.4, -0.2) is 24.7 Å². The summed E-state index contributed by atoms with van der Waals surface area (Å²) in [7, 11) is 0. The Morgan fingerprint density at radius 3 is 2.39 bits per heavy atom. The minimum atomic E-state index is -4.57. The number of anilines is 1. The van der Waals surface area contributed by atoms with Gasteiger partial charge in [0.25, 0.3) is 5.91 Å². The topological polar surface area (TPSA) is 47.6 Å². The molecule has 0 aliphatic heterocycles. The Morgan fingerprint density at radius 2 is 1.87 bits per heavy atom. The van der Waals surface area contributed by atoms with Crippen molar-refractivity contribution in [1.29, 1.82) is 0 Å². The quantitative estimate of drug-likeness (QED) is 0.811. The van der Waals surface area contributed by atoms with E-state index in [1.54, 1.807) is 20.8 Å². The Labute approximate surface area is 134 Å². The molecule has 0 radical (unpaired) electrons. The van der Waals surface area contributed by atoms with Crippen molar-refractivity contribution in [3.8, 4) is 5.75 Å². The van der Waals surface area contributed by atoms with E-state index < -0.39 is 23.2 Å². The maximum atomic E-state index is 13.1. The van der Waals surface area contributed by atoms with Crippen LogP contribution >= 0.6 is 0 Å². The maximum absolute atomic E-state index is 13.1. The zero-order chi connectivity index (χ0) is 17.7. The average Bonchev–Trinajstić information content (AvgIpc) is 2.46. The number of nitrogens with one attached hydrogen (secondary N) is 1. The van der Waals surface area contributed by atoms with Gasteiger partial charge in [0.2, 0.25) is 0 Å². The van der Waals surface area contributed by atoms with Crippen LogP contribution in [0.25, 0.3) is 0 Å². The highest BCUT2D eigenvalue weighted by molar-refractivity contribution is 5.96. The van der Waals surface area contributed by atoms with Gasteiger partial charge in [-0.15, -0.1) is 0 Å². The predicted octanol–water partition coefficient (Wildman–Crippen LogP) is 4.25. The Morgan fingerprint density at radius 1 is 1.22 bits per heavy atom. The Kier molecular flexibility index (Phi) is 6.44. The summed E-state index contributed by atoms with van der Waals surface area (Å²) in [6.07, 6.45) is -3.84. The summed E-state index contributed by atoms with van der Waals surface area (Å²) in [6.45, 7) is 7.14. The molecule has 130 valence electrons. The van der Waals surface area contributed by atoms with E-state index in [2.05, 4.69) is 5.32 Å². The van der Waals surface area contributed by atoms with E-state index in [9.17, 15) is 18.0 Å². The highest BCUT2D eigenvalue weighted by Crippen LogP contribution is 2.38. The fraction of sp³-hybridized carbons (Fsp3) is 0.562. The summed E-state index contributed by atoms with van der Waals surface area (Å²) in [6, 6.07) is 3.43. The molecule has 0 aliphatic carbocycles. The van der Waals surface area contributed by atoms with Gasteiger partial charge in [-0.05, 0) is 45.4 Å². The second-order valence-corrected chi connectivity index (χ2v) is 5.45. The van der Waals surface area contributed by atoms with Gasteiger partial charge in [-0.25, -0.2) is 0 Å². The highest BCUT2D eigenvalue weighted by Gasteiger charge is 2.35. The van der Waals surface area contributed by atoms with E-state index in [1.807, 2.05) is 6.92 Å². The number of ether oxygens (including phenoxy) is 2. The summed E-state index contributed by atoms with van der Waals surface area (Å²) >= 11 is 0. The lowest BCUT2D eigenvalue weighted by molar-refractivity contribution is -0.139. The summed E-state index contributed by atoms with van der Waals surface area (Å²) in [4.78, 5) is 12.2. The largest absolute Gasteiger partial charge is 0.493 e. The molecule has 1 aromatic rings. The molecule has 0 aliphatic rings. The van der Waals surface area contributed by atoms with Gasteiger partial charge in [-0.2, -0.15) is 13.2 Å². The first kappa shape index (κ1) is 19.3. The lowest BCUT2D eigenvalue weighted by atomic mass is 10.1. The monoisotopic (exact) mass is 333 g/mol. The lowest BCUT2D eigenvalue weighted by Crippen LogP contribution is -2.40. The summed E-state index contributed by atoms with van der Waals surface area (Å²) < 4.78 is 49.6. The van der Waals surface area contributed by atoms with Gasteiger partial charge in [-0.3, -0.25) is 4.79 Å². The lowest BCUT2D eigenvalue weighted by Gasteiger charge is -2.24. The zero-order valence-corrected chi connectivity index (χ0v) is 13.7. The Balaban J connectivity index is 2.99. The molecule has 1 N–H and O–H groups in total. The van der Waals surface area contributed by atoms with Crippen LogP contribution in [0.2, 0.25) is 0 Å². The number of hydrogen-bond donors (Lipinski definition) is 1. The van der Waals surface area contributed by atoms with Crippen LogP contribution in [0.4, 0.5) is 18.9 Å². The molecular weight excluding hydrogens is 311 g/mol. The normalized spacial score (nSPS) is 12.1. The van der Waals surface area contributed by atoms with Crippen LogP contribution in [0.5, 0.6) is 5.75 Å². The molecule has 0 saturated heterocycles. The van der Waals surface area contributed by atoms with Gasteiger partial charge in [0.1, 0.15) is 11.4 Å². The molecule has 1 rings (SSSR count). The second-order valence-electron chi connectivity index (χ2n) is 5.45. The van der Waals surface area contributed by atoms with Crippen molar-refractivity contribution >= 4 is 11.6 Å². The van der Waals surface area contributed by atoms with E-state index in [4.69, 9.17) is 9.47 Å². The first-order valence-corrected chi connectivity index (χ1v) is 7.41. The minimum Gasteiger partial charge on any atom is -0.493 e. The van der Waals surface area contributed by atoms with Crippen molar-refractivity contribution in [2.24, 2.45) is 0 Å². The smallest absolute Gasteiger partial charge is 0.420 e. The van der Waals surface area contributed by atoms with Gasteiger partial charge in [-0.1, -0.05) is 6.92 Å². The van der Waals surface area contributed by atoms with E-state index in [0.717, 1.165) is 12.5 Å². The van der Waals surface area contributed by atoms with E-state index >= 15 is 0 Å². The van der Waals surface area contributed by atoms with Crippen LogP contribution in [0, 0.1) is 0 Å². The Bertz CT molecular complexity index is 542. The number of amides is 1. The first-order valence-electron chi connectivity index (χ1n) is 7.41. The standard InChI is InChI=1S/C16H22F3NO3/c1-5-9-23-15(3,4)14(21)20-11-7-8-13(22-6-2)12(10-11)16(17,18)19/h7-8,10H,5-6,9H2,1-4H3,(H,20,21). The Hall–Kier alpha value is -1.76. The maximum Gasteiger partial charge on any atom is 0.420 e. The van der Waals surface area contributed by atoms with Crippen LogP contribution in [0.3, 0.4) is 0 Å². The second kappa shape index (κ2) is 7.68. The van der Waals surface area contributed by atoms with Crippen LogP contribution < -0.4 is 10.1 Å². The SMILES string of the molecule is CCCOC(C)(C)C(=O)Nc1ccc(OCC)c(C(F)(F)F)c1. The third-order valence-corrected chi connectivity index (χ3v) is 3.06. The van der Waals surface area contributed by atoms with Crippen LogP contribution in [0.1, 0.15) is 39.7 Å². The molecule has 0 fully saturated rings. The van der Waals surface area contributed by atoms with Gasteiger partial charge in [0.05, 0.1) is 12.2 Å². The number of carbonyl (C=O) groups is 1. The molecule has 0 saturated carbocycles. The molecule has 7 heteroatoms. The average molecular weight is 333 g/mol. The number of hydrogen-bond acceptors (Lipinski definition) is 3. The number of alkyl halides is 3. The van der Waals surface area contributed by atoms with Crippen molar-refractivity contribution in [3.05, 3.63) is 23.8 Å². The third kappa shape index (κ3) is 5.42. The molecule has 0 spiro atoms. The van der Waals surface area contributed by atoms with Crippen molar-refractivity contribution in [2.75, 3.05) is 18.5 Å². The van der Waals surface area contributed by atoms with Crippen molar-refractivity contribution in [3.63, 3.8) is 0 Å². The fourth-order valence-electron chi connectivity index (χ4n) is 1.82. The van der Waals surface area contributed by atoms with E-state index in [0.29, 0.717) is 6.61 Å². The van der Waals surface area contributed by atoms with Gasteiger partial charge in [0.15, 0.2) is 0 Å². The minimum absolute atomic E-state index is 0.0407. The molecule has 1 aromatic carbocycles. The third-order valence-electron chi connectivity index (χ3n) is 3.06. The molecule has 23 heavy (non-hydrogen) atoms. The van der Waals surface area contributed by atoms with E-state index in [1.165, 1.54) is 12.1 Å². The van der Waals surface area contributed by atoms with Crippen LogP contribution in [-0.2, 0) is 15.7 Å². The molecule has 0 aromatic heterocycles. The van der Waals surface area contributed by atoms with Crippen molar-refractivity contribution in [1.82, 2.24) is 0 Å². The summed E-state index contributed by atoms with van der Waals surface area (Å²) in [5, 5.41) is 2.45. The molecule has 0 atom stereocenters.